The number of esters is 1. The van der Waals surface area contributed by atoms with Crippen molar-refractivity contribution in [3.05, 3.63) is 64.0 Å². The van der Waals surface area contributed by atoms with Crippen LogP contribution in [0, 0.1) is 26.6 Å². The minimum Gasteiger partial charge on any atom is -0.457 e. The van der Waals surface area contributed by atoms with E-state index >= 15 is 0 Å². The molecule has 0 unspecified atom stereocenters. The minimum atomic E-state index is -0.466. The van der Waals surface area contributed by atoms with Gasteiger partial charge in [0.2, 0.25) is 0 Å². The van der Waals surface area contributed by atoms with Crippen LogP contribution in [-0.4, -0.2) is 30.8 Å². The molecule has 0 saturated carbocycles. The average Bonchev–Trinajstić information content (AvgIpc) is 2.60. The van der Waals surface area contributed by atoms with E-state index in [0.717, 1.165) is 28.9 Å². The van der Waals surface area contributed by atoms with Gasteiger partial charge in [0.1, 0.15) is 12.4 Å². The van der Waals surface area contributed by atoms with Gasteiger partial charge in [-0.05, 0) is 62.6 Å². The fourth-order valence-electron chi connectivity index (χ4n) is 2.39. The van der Waals surface area contributed by atoms with E-state index in [1.165, 1.54) is 6.07 Å². The Bertz CT molecular complexity index is 831. The number of carbonyl (C=O) groups is 1. The third kappa shape index (κ3) is 4.91. The number of rotatable bonds is 6. The first-order chi connectivity index (χ1) is 12.3. The summed E-state index contributed by atoms with van der Waals surface area (Å²) in [5.74, 6) is -0.831. The molecule has 2 aromatic carbocycles. The van der Waals surface area contributed by atoms with Gasteiger partial charge in [0.15, 0.2) is 0 Å². The molecule has 4 nitrogen and oxygen atoms in total. The van der Waals surface area contributed by atoms with Crippen molar-refractivity contribution in [1.29, 1.82) is 0 Å². The third-order valence-corrected chi connectivity index (χ3v) is 4.22. The van der Waals surface area contributed by atoms with Gasteiger partial charge in [0, 0.05) is 19.2 Å². The number of halogens is 1. The average molecular weight is 356 g/mol. The molecule has 0 aliphatic carbocycles. The SMILES string of the molecule is CCN(C)C=Nc1cc(C)c(C(=O)OCc2ccc(C)cc2F)cc1C. The lowest BCUT2D eigenvalue weighted by molar-refractivity contribution is 0.0468. The molecule has 5 heteroatoms. The van der Waals surface area contributed by atoms with Crippen LogP contribution in [0.5, 0.6) is 0 Å². The second kappa shape index (κ2) is 8.61. The summed E-state index contributed by atoms with van der Waals surface area (Å²) in [7, 11) is 1.95. The van der Waals surface area contributed by atoms with Crippen LogP contribution in [-0.2, 0) is 11.3 Å². The summed E-state index contributed by atoms with van der Waals surface area (Å²) >= 11 is 0. The summed E-state index contributed by atoms with van der Waals surface area (Å²) < 4.78 is 19.2. The first kappa shape index (κ1) is 19.6. The smallest absolute Gasteiger partial charge is 0.338 e. The summed E-state index contributed by atoms with van der Waals surface area (Å²) in [5, 5.41) is 0. The topological polar surface area (TPSA) is 41.9 Å². The van der Waals surface area contributed by atoms with E-state index in [0.29, 0.717) is 11.1 Å². The number of hydrogen-bond donors (Lipinski definition) is 0. The third-order valence-electron chi connectivity index (χ3n) is 4.22. The minimum absolute atomic E-state index is 0.0926. The normalized spacial score (nSPS) is 11.0. The number of nitrogens with zero attached hydrogens (tertiary/aromatic N) is 2. The molecule has 0 radical (unpaired) electrons. The number of aryl methyl sites for hydroxylation is 3. The Hall–Kier alpha value is -2.69. The summed E-state index contributed by atoms with van der Waals surface area (Å²) in [6.07, 6.45) is 1.76. The van der Waals surface area contributed by atoms with Crippen molar-refractivity contribution in [3.8, 4) is 0 Å². The molecule has 0 heterocycles. The van der Waals surface area contributed by atoms with Gasteiger partial charge >= 0.3 is 5.97 Å². The van der Waals surface area contributed by atoms with Crippen molar-refractivity contribution in [2.45, 2.75) is 34.3 Å². The van der Waals surface area contributed by atoms with Crippen LogP contribution in [0.15, 0.2) is 35.3 Å². The van der Waals surface area contributed by atoms with Crippen LogP contribution in [0.25, 0.3) is 0 Å². The van der Waals surface area contributed by atoms with Crippen LogP contribution < -0.4 is 0 Å². The van der Waals surface area contributed by atoms with Gasteiger partial charge in [0.05, 0.1) is 17.6 Å². The first-order valence-electron chi connectivity index (χ1n) is 8.59. The maximum Gasteiger partial charge on any atom is 0.338 e. The van der Waals surface area contributed by atoms with E-state index in [1.807, 2.05) is 45.7 Å². The highest BCUT2D eigenvalue weighted by atomic mass is 19.1. The maximum absolute atomic E-state index is 13.9. The Labute approximate surface area is 154 Å². The van der Waals surface area contributed by atoms with Crippen molar-refractivity contribution < 1.29 is 13.9 Å². The molecule has 2 rings (SSSR count). The fraction of sp³-hybridized carbons (Fsp3) is 0.333. The first-order valence-corrected chi connectivity index (χ1v) is 8.59. The van der Waals surface area contributed by atoms with Gasteiger partial charge < -0.3 is 9.64 Å². The number of benzene rings is 2. The standard InChI is InChI=1S/C21H25FN2O2/c1-6-24(5)13-23-20-11-15(3)18(10-16(20)4)21(25)26-12-17-8-7-14(2)9-19(17)22/h7-11,13H,6,12H2,1-5H3. The van der Waals surface area contributed by atoms with Gasteiger partial charge in [-0.3, -0.25) is 0 Å². The summed E-state index contributed by atoms with van der Waals surface area (Å²) in [6.45, 7) is 8.36. The largest absolute Gasteiger partial charge is 0.457 e. The van der Waals surface area contributed by atoms with E-state index in [-0.39, 0.29) is 12.4 Å². The summed E-state index contributed by atoms with van der Waals surface area (Å²) in [6, 6.07) is 8.48. The van der Waals surface area contributed by atoms with Gasteiger partial charge in [-0.15, -0.1) is 0 Å². The molecular weight excluding hydrogens is 331 g/mol. The van der Waals surface area contributed by atoms with Crippen LogP contribution in [0.3, 0.4) is 0 Å². The van der Waals surface area contributed by atoms with Crippen molar-refractivity contribution >= 4 is 18.0 Å². The van der Waals surface area contributed by atoms with Crippen molar-refractivity contribution in [1.82, 2.24) is 4.90 Å². The molecule has 138 valence electrons. The van der Waals surface area contributed by atoms with E-state index in [2.05, 4.69) is 4.99 Å². The van der Waals surface area contributed by atoms with Gasteiger partial charge in [-0.2, -0.15) is 0 Å². The molecule has 0 aliphatic rings. The van der Waals surface area contributed by atoms with Gasteiger partial charge in [-0.1, -0.05) is 12.1 Å². The molecule has 0 amide bonds. The lowest BCUT2D eigenvalue weighted by Gasteiger charge is -2.12. The molecular formula is C21H25FN2O2. The molecule has 26 heavy (non-hydrogen) atoms. The molecule has 0 aromatic heterocycles. The summed E-state index contributed by atoms with van der Waals surface area (Å²) in [5.41, 5.74) is 4.12. The second-order valence-electron chi connectivity index (χ2n) is 6.44. The fourth-order valence-corrected chi connectivity index (χ4v) is 2.39. The Morgan fingerprint density at radius 3 is 2.58 bits per heavy atom. The highest BCUT2D eigenvalue weighted by Gasteiger charge is 2.14. The lowest BCUT2D eigenvalue weighted by atomic mass is 10.0. The zero-order valence-electron chi connectivity index (χ0n) is 16.0. The van der Waals surface area contributed by atoms with Crippen LogP contribution >= 0.6 is 0 Å². The Kier molecular flexibility index (Phi) is 6.50. The van der Waals surface area contributed by atoms with E-state index < -0.39 is 5.97 Å². The zero-order valence-corrected chi connectivity index (χ0v) is 16.0. The number of carbonyl (C=O) groups excluding carboxylic acids is 1. The Morgan fingerprint density at radius 1 is 1.19 bits per heavy atom. The van der Waals surface area contributed by atoms with Gasteiger partial charge in [0.25, 0.3) is 0 Å². The quantitative estimate of drug-likeness (QED) is 0.427. The molecule has 0 spiro atoms. The monoisotopic (exact) mass is 356 g/mol. The lowest BCUT2D eigenvalue weighted by Crippen LogP contribution is -2.14. The second-order valence-corrected chi connectivity index (χ2v) is 6.44. The molecule has 0 bridgehead atoms. The van der Waals surface area contributed by atoms with Crippen molar-refractivity contribution in [2.75, 3.05) is 13.6 Å². The van der Waals surface area contributed by atoms with Crippen LogP contribution in [0.2, 0.25) is 0 Å². The van der Waals surface area contributed by atoms with E-state index in [4.69, 9.17) is 4.74 Å². The molecule has 0 saturated heterocycles. The van der Waals surface area contributed by atoms with E-state index in [1.54, 1.807) is 24.5 Å². The highest BCUT2D eigenvalue weighted by Crippen LogP contribution is 2.24. The predicted octanol–water partition coefficient (Wildman–Crippen LogP) is 4.72. The van der Waals surface area contributed by atoms with Crippen LogP contribution in [0.1, 0.15) is 39.5 Å². The molecule has 0 atom stereocenters. The van der Waals surface area contributed by atoms with Gasteiger partial charge in [-0.25, -0.2) is 14.2 Å². The van der Waals surface area contributed by atoms with Crippen molar-refractivity contribution in [3.63, 3.8) is 0 Å². The molecule has 0 N–H and O–H groups in total. The van der Waals surface area contributed by atoms with Crippen LogP contribution in [0.4, 0.5) is 10.1 Å². The van der Waals surface area contributed by atoms with Crippen molar-refractivity contribution in [2.24, 2.45) is 4.99 Å². The number of hydrogen-bond acceptors (Lipinski definition) is 3. The molecule has 0 fully saturated rings. The maximum atomic E-state index is 13.9. The zero-order chi connectivity index (χ0) is 19.3. The summed E-state index contributed by atoms with van der Waals surface area (Å²) in [4.78, 5) is 18.8. The predicted molar refractivity (Wildman–Crippen MR) is 103 cm³/mol. The number of ether oxygens (including phenoxy) is 1. The van der Waals surface area contributed by atoms with E-state index in [9.17, 15) is 9.18 Å². The number of aliphatic imine (C=N–C) groups is 1. The Morgan fingerprint density at radius 2 is 1.92 bits per heavy atom. The Balaban J connectivity index is 2.13. The molecule has 2 aromatic rings. The highest BCUT2D eigenvalue weighted by molar-refractivity contribution is 5.92. The molecule has 0 aliphatic heterocycles.